The monoisotopic (exact) mass is 262 g/mol. The highest BCUT2D eigenvalue weighted by atomic mass is 16.3. The number of nitrogens with one attached hydrogen (secondary N) is 1. The molecule has 2 heterocycles. The molecule has 1 saturated carbocycles. The number of furan rings is 1. The van der Waals surface area contributed by atoms with Crippen LogP contribution in [-0.4, -0.2) is 23.4 Å². The average molecular weight is 262 g/mol. The summed E-state index contributed by atoms with van der Waals surface area (Å²) >= 11 is 0. The van der Waals surface area contributed by atoms with Crippen LogP contribution in [0.4, 0.5) is 0 Å². The van der Waals surface area contributed by atoms with Crippen molar-refractivity contribution in [3.8, 4) is 0 Å². The lowest BCUT2D eigenvalue weighted by molar-refractivity contribution is -0.131. The quantitative estimate of drug-likeness (QED) is 0.886. The van der Waals surface area contributed by atoms with E-state index in [0.717, 1.165) is 43.9 Å². The van der Waals surface area contributed by atoms with Gasteiger partial charge < -0.3 is 14.6 Å². The molecule has 0 aromatic carbocycles. The number of amides is 1. The van der Waals surface area contributed by atoms with E-state index in [2.05, 4.69) is 5.32 Å². The first-order valence-electron chi connectivity index (χ1n) is 7.40. The van der Waals surface area contributed by atoms with Gasteiger partial charge in [-0.3, -0.25) is 4.79 Å². The molecule has 104 valence electrons. The van der Waals surface area contributed by atoms with Crippen molar-refractivity contribution in [1.82, 2.24) is 10.2 Å². The highest BCUT2D eigenvalue weighted by molar-refractivity contribution is 5.76. The van der Waals surface area contributed by atoms with Crippen molar-refractivity contribution in [2.75, 3.05) is 6.54 Å². The molecule has 0 unspecified atom stereocenters. The van der Waals surface area contributed by atoms with E-state index in [1.165, 1.54) is 12.8 Å². The molecular weight excluding hydrogens is 240 g/mol. The van der Waals surface area contributed by atoms with E-state index in [0.29, 0.717) is 19.0 Å². The Kier molecular flexibility index (Phi) is 3.87. The average Bonchev–Trinajstić information content (AvgIpc) is 3.16. The van der Waals surface area contributed by atoms with Gasteiger partial charge in [0.2, 0.25) is 5.91 Å². The summed E-state index contributed by atoms with van der Waals surface area (Å²) in [5.74, 6) is 2.15. The summed E-state index contributed by atoms with van der Waals surface area (Å²) in [5.41, 5.74) is 0. The lowest BCUT2D eigenvalue weighted by atomic mass is 10.2. The molecule has 1 N–H and O–H groups in total. The number of hydrogen-bond acceptors (Lipinski definition) is 3. The number of hydrogen-bond donors (Lipinski definition) is 1. The van der Waals surface area contributed by atoms with Crippen molar-refractivity contribution in [1.29, 1.82) is 0 Å². The Bertz CT molecular complexity index is 437. The zero-order valence-corrected chi connectivity index (χ0v) is 11.4. The van der Waals surface area contributed by atoms with Gasteiger partial charge >= 0.3 is 0 Å². The van der Waals surface area contributed by atoms with E-state index < -0.39 is 0 Å². The SMILES string of the molecule is O=C1CCCCCN1Cc1ccc(CNC2CC2)o1. The van der Waals surface area contributed by atoms with Crippen LogP contribution < -0.4 is 5.32 Å². The molecule has 1 aliphatic heterocycles. The van der Waals surface area contributed by atoms with E-state index in [9.17, 15) is 4.79 Å². The summed E-state index contributed by atoms with van der Waals surface area (Å²) in [4.78, 5) is 13.9. The van der Waals surface area contributed by atoms with E-state index in [-0.39, 0.29) is 5.91 Å². The first kappa shape index (κ1) is 12.7. The predicted octanol–water partition coefficient (Wildman–Crippen LogP) is 2.43. The second-order valence-electron chi connectivity index (χ2n) is 5.65. The van der Waals surface area contributed by atoms with Gasteiger partial charge in [0.05, 0.1) is 13.1 Å². The molecule has 4 heteroatoms. The smallest absolute Gasteiger partial charge is 0.222 e. The van der Waals surface area contributed by atoms with Crippen molar-refractivity contribution < 1.29 is 9.21 Å². The van der Waals surface area contributed by atoms with Crippen LogP contribution in [-0.2, 0) is 17.9 Å². The topological polar surface area (TPSA) is 45.5 Å². The Balaban J connectivity index is 1.54. The minimum atomic E-state index is 0.270. The molecule has 0 spiro atoms. The first-order valence-corrected chi connectivity index (χ1v) is 7.40. The molecule has 19 heavy (non-hydrogen) atoms. The molecule has 0 radical (unpaired) electrons. The van der Waals surface area contributed by atoms with Crippen molar-refractivity contribution in [3.05, 3.63) is 23.7 Å². The molecule has 1 amide bonds. The lowest BCUT2D eigenvalue weighted by Crippen LogP contribution is -2.29. The van der Waals surface area contributed by atoms with E-state index in [1.54, 1.807) is 0 Å². The fourth-order valence-corrected chi connectivity index (χ4v) is 2.53. The Morgan fingerprint density at radius 3 is 2.89 bits per heavy atom. The van der Waals surface area contributed by atoms with Crippen LogP contribution in [0.2, 0.25) is 0 Å². The Hall–Kier alpha value is -1.29. The Morgan fingerprint density at radius 1 is 1.21 bits per heavy atom. The van der Waals surface area contributed by atoms with Crippen LogP contribution in [0.3, 0.4) is 0 Å². The minimum absolute atomic E-state index is 0.270. The third-order valence-corrected chi connectivity index (χ3v) is 3.88. The number of carbonyl (C=O) groups is 1. The molecule has 2 aliphatic rings. The Labute approximate surface area is 114 Å². The normalized spacial score (nSPS) is 20.6. The third kappa shape index (κ3) is 3.60. The molecule has 4 nitrogen and oxygen atoms in total. The molecular formula is C15H22N2O2. The fraction of sp³-hybridized carbons (Fsp3) is 0.667. The molecule has 0 bridgehead atoms. The van der Waals surface area contributed by atoms with Crippen LogP contribution in [0.5, 0.6) is 0 Å². The molecule has 1 aromatic rings. The van der Waals surface area contributed by atoms with Crippen LogP contribution in [0.15, 0.2) is 16.5 Å². The highest BCUT2D eigenvalue weighted by Gasteiger charge is 2.21. The molecule has 3 rings (SSSR count). The van der Waals surface area contributed by atoms with Crippen molar-refractivity contribution in [3.63, 3.8) is 0 Å². The third-order valence-electron chi connectivity index (χ3n) is 3.88. The van der Waals surface area contributed by atoms with Gasteiger partial charge in [-0.2, -0.15) is 0 Å². The fourth-order valence-electron chi connectivity index (χ4n) is 2.53. The van der Waals surface area contributed by atoms with E-state index in [4.69, 9.17) is 4.42 Å². The van der Waals surface area contributed by atoms with E-state index >= 15 is 0 Å². The van der Waals surface area contributed by atoms with Gasteiger partial charge in [-0.25, -0.2) is 0 Å². The van der Waals surface area contributed by atoms with Crippen LogP contribution in [0.25, 0.3) is 0 Å². The van der Waals surface area contributed by atoms with Gasteiger partial charge in [0.25, 0.3) is 0 Å². The predicted molar refractivity (Wildman–Crippen MR) is 72.5 cm³/mol. The van der Waals surface area contributed by atoms with Crippen molar-refractivity contribution in [2.24, 2.45) is 0 Å². The second kappa shape index (κ2) is 5.78. The largest absolute Gasteiger partial charge is 0.463 e. The summed E-state index contributed by atoms with van der Waals surface area (Å²) in [6, 6.07) is 4.72. The standard InChI is InChI=1S/C15H22N2O2/c18-15-4-2-1-3-9-17(15)11-14-8-7-13(19-14)10-16-12-5-6-12/h7-8,12,16H,1-6,9-11H2. The second-order valence-corrected chi connectivity index (χ2v) is 5.65. The minimum Gasteiger partial charge on any atom is -0.463 e. The van der Waals surface area contributed by atoms with Gasteiger partial charge in [-0.15, -0.1) is 0 Å². The maximum atomic E-state index is 11.9. The summed E-state index contributed by atoms with van der Waals surface area (Å²) in [6.07, 6.45) is 6.58. The zero-order valence-electron chi connectivity index (χ0n) is 11.4. The molecule has 1 aliphatic carbocycles. The maximum Gasteiger partial charge on any atom is 0.222 e. The summed E-state index contributed by atoms with van der Waals surface area (Å²) in [5, 5.41) is 3.43. The van der Waals surface area contributed by atoms with Crippen LogP contribution in [0, 0.1) is 0 Å². The molecule has 2 fully saturated rings. The number of nitrogens with zero attached hydrogens (tertiary/aromatic N) is 1. The lowest BCUT2D eigenvalue weighted by Gasteiger charge is -2.18. The van der Waals surface area contributed by atoms with Crippen molar-refractivity contribution in [2.45, 2.75) is 57.7 Å². The van der Waals surface area contributed by atoms with Crippen LogP contribution >= 0.6 is 0 Å². The van der Waals surface area contributed by atoms with Crippen LogP contribution in [0.1, 0.15) is 50.0 Å². The summed E-state index contributed by atoms with van der Waals surface area (Å²) in [6.45, 7) is 2.30. The van der Waals surface area contributed by atoms with Crippen molar-refractivity contribution >= 4 is 5.91 Å². The van der Waals surface area contributed by atoms with Gasteiger partial charge in [0, 0.05) is 19.0 Å². The molecule has 0 atom stereocenters. The van der Waals surface area contributed by atoms with Gasteiger partial charge in [-0.05, 0) is 37.8 Å². The molecule has 1 aromatic heterocycles. The maximum absolute atomic E-state index is 11.9. The summed E-state index contributed by atoms with van der Waals surface area (Å²) < 4.78 is 5.80. The first-order chi connectivity index (χ1) is 9.31. The number of rotatable bonds is 5. The van der Waals surface area contributed by atoms with Gasteiger partial charge in [0.1, 0.15) is 11.5 Å². The van der Waals surface area contributed by atoms with Gasteiger partial charge in [0.15, 0.2) is 0 Å². The number of carbonyl (C=O) groups excluding carboxylic acids is 1. The number of likely N-dealkylation sites (tertiary alicyclic amines) is 1. The van der Waals surface area contributed by atoms with E-state index in [1.807, 2.05) is 17.0 Å². The zero-order chi connectivity index (χ0) is 13.1. The highest BCUT2D eigenvalue weighted by Crippen LogP contribution is 2.20. The summed E-state index contributed by atoms with van der Waals surface area (Å²) in [7, 11) is 0. The van der Waals surface area contributed by atoms with Gasteiger partial charge in [-0.1, -0.05) is 6.42 Å². The molecule has 1 saturated heterocycles. The Morgan fingerprint density at radius 2 is 2.05 bits per heavy atom.